The van der Waals surface area contributed by atoms with E-state index in [1.165, 1.54) is 19.3 Å². The number of thioether (sulfide) groups is 1. The smallest absolute Gasteiger partial charge is 0.417 e. The van der Waals surface area contributed by atoms with Gasteiger partial charge in [-0.2, -0.15) is 13.2 Å². The van der Waals surface area contributed by atoms with E-state index in [9.17, 15) is 22.8 Å². The van der Waals surface area contributed by atoms with E-state index >= 15 is 0 Å². The van der Waals surface area contributed by atoms with Crippen LogP contribution in [0.4, 0.5) is 18.0 Å². The van der Waals surface area contributed by atoms with E-state index in [-0.39, 0.29) is 26.9 Å². The summed E-state index contributed by atoms with van der Waals surface area (Å²) in [4.78, 5) is 23.6. The average Bonchev–Trinajstić information content (AvgIpc) is 3.06. The Morgan fingerprint density at radius 3 is 2.12 bits per heavy atom. The van der Waals surface area contributed by atoms with Crippen molar-refractivity contribution in [1.29, 1.82) is 0 Å². The molecule has 180 valence electrons. The minimum Gasteiger partial charge on any atom is -0.496 e. The molecule has 1 aliphatic heterocycles. The maximum absolute atomic E-state index is 14.4. The standard InChI is InChI=1S/C26H26F3NO3S/c1-24(2)8-9-25(3,4)19-13-17(26(27,28)29)15(12-18(19)24)16-10-14(6-7-20(16)33-5)11-21-22(31)30-23(32)34-21/h6-7,10-13H,8-9H2,1-5H3,(H,30,31,32)/b21-11-. The molecule has 0 atom stereocenters. The quantitative estimate of drug-likeness (QED) is 0.469. The highest BCUT2D eigenvalue weighted by Gasteiger charge is 2.42. The highest BCUT2D eigenvalue weighted by molar-refractivity contribution is 8.18. The van der Waals surface area contributed by atoms with Crippen molar-refractivity contribution in [2.24, 2.45) is 0 Å². The largest absolute Gasteiger partial charge is 0.496 e. The van der Waals surface area contributed by atoms with Crippen molar-refractivity contribution in [2.45, 2.75) is 57.5 Å². The van der Waals surface area contributed by atoms with Crippen LogP contribution in [0.3, 0.4) is 0 Å². The third-order valence-electron chi connectivity index (χ3n) is 6.75. The van der Waals surface area contributed by atoms with Gasteiger partial charge in [0.25, 0.3) is 11.1 Å². The number of hydrogen-bond acceptors (Lipinski definition) is 4. The Labute approximate surface area is 201 Å². The summed E-state index contributed by atoms with van der Waals surface area (Å²) < 4.78 is 48.5. The van der Waals surface area contributed by atoms with Gasteiger partial charge in [0.15, 0.2) is 0 Å². The van der Waals surface area contributed by atoms with Gasteiger partial charge < -0.3 is 4.74 Å². The molecule has 0 spiro atoms. The van der Waals surface area contributed by atoms with Gasteiger partial charge in [0, 0.05) is 5.56 Å². The molecule has 2 aromatic carbocycles. The molecule has 1 saturated heterocycles. The topological polar surface area (TPSA) is 55.4 Å². The number of amides is 2. The van der Waals surface area contributed by atoms with Crippen molar-refractivity contribution < 1.29 is 27.5 Å². The van der Waals surface area contributed by atoms with Gasteiger partial charge in [-0.05, 0) is 88.0 Å². The highest BCUT2D eigenvalue weighted by atomic mass is 32.2. The number of rotatable bonds is 3. The fourth-order valence-corrected chi connectivity index (χ4v) is 5.35. The highest BCUT2D eigenvalue weighted by Crippen LogP contribution is 2.51. The van der Waals surface area contributed by atoms with E-state index < -0.39 is 22.9 Å². The van der Waals surface area contributed by atoms with Crippen molar-refractivity contribution in [2.75, 3.05) is 7.11 Å². The summed E-state index contributed by atoms with van der Waals surface area (Å²) in [6.45, 7) is 8.09. The Balaban J connectivity index is 1.97. The minimum atomic E-state index is -4.57. The molecule has 1 N–H and O–H groups in total. The van der Waals surface area contributed by atoms with E-state index in [4.69, 9.17) is 4.74 Å². The van der Waals surface area contributed by atoms with Crippen LogP contribution in [0.15, 0.2) is 35.2 Å². The number of carbonyl (C=O) groups is 2. The number of alkyl halides is 3. The number of imide groups is 1. The summed E-state index contributed by atoms with van der Waals surface area (Å²) in [5.74, 6) is -0.235. The van der Waals surface area contributed by atoms with E-state index in [0.717, 1.165) is 35.7 Å². The molecule has 34 heavy (non-hydrogen) atoms. The second-order valence-electron chi connectivity index (χ2n) is 10.0. The normalized spacial score (nSPS) is 20.3. The fourth-order valence-electron chi connectivity index (χ4n) is 4.67. The van der Waals surface area contributed by atoms with Crippen LogP contribution < -0.4 is 10.1 Å². The number of nitrogens with one attached hydrogen (secondary N) is 1. The van der Waals surface area contributed by atoms with Crippen molar-refractivity contribution >= 4 is 29.0 Å². The van der Waals surface area contributed by atoms with Crippen LogP contribution in [0.2, 0.25) is 0 Å². The van der Waals surface area contributed by atoms with Gasteiger partial charge >= 0.3 is 6.18 Å². The number of fused-ring (bicyclic) bond motifs is 1. The number of hydrogen-bond donors (Lipinski definition) is 1. The van der Waals surface area contributed by atoms with Gasteiger partial charge in [-0.25, -0.2) is 0 Å². The molecule has 1 heterocycles. The second-order valence-corrected chi connectivity index (χ2v) is 11.0. The van der Waals surface area contributed by atoms with Gasteiger partial charge in [-0.15, -0.1) is 0 Å². The molecule has 0 radical (unpaired) electrons. The Morgan fingerprint density at radius 2 is 1.59 bits per heavy atom. The Hall–Kier alpha value is -2.74. The van der Waals surface area contributed by atoms with Gasteiger partial charge in [0.1, 0.15) is 5.75 Å². The first-order chi connectivity index (χ1) is 15.7. The average molecular weight is 490 g/mol. The summed E-state index contributed by atoms with van der Waals surface area (Å²) in [5, 5.41) is 1.70. The Morgan fingerprint density at radius 1 is 0.971 bits per heavy atom. The number of benzene rings is 2. The van der Waals surface area contributed by atoms with Gasteiger partial charge in [0.2, 0.25) is 0 Å². The molecular weight excluding hydrogens is 463 g/mol. The second kappa shape index (κ2) is 8.18. The summed E-state index contributed by atoms with van der Waals surface area (Å²) in [6, 6.07) is 7.75. The lowest BCUT2D eigenvalue weighted by molar-refractivity contribution is -0.137. The molecule has 2 aliphatic rings. The van der Waals surface area contributed by atoms with Crippen molar-refractivity contribution in [1.82, 2.24) is 5.32 Å². The monoisotopic (exact) mass is 489 g/mol. The van der Waals surface area contributed by atoms with Gasteiger partial charge in [-0.3, -0.25) is 14.9 Å². The molecular formula is C26H26F3NO3S. The van der Waals surface area contributed by atoms with Crippen LogP contribution in [-0.4, -0.2) is 18.3 Å². The number of carbonyl (C=O) groups excluding carboxylic acids is 2. The zero-order chi connectivity index (χ0) is 25.1. The van der Waals surface area contributed by atoms with Crippen molar-refractivity contribution in [3.05, 3.63) is 57.5 Å². The molecule has 2 amide bonds. The molecule has 0 bridgehead atoms. The summed E-state index contributed by atoms with van der Waals surface area (Å²) in [7, 11) is 1.41. The predicted octanol–water partition coefficient (Wildman–Crippen LogP) is 7.05. The molecule has 2 aromatic rings. The Kier molecular flexibility index (Phi) is 5.87. The first-order valence-corrected chi connectivity index (χ1v) is 11.7. The predicted molar refractivity (Wildman–Crippen MR) is 128 cm³/mol. The minimum absolute atomic E-state index is 0.0359. The maximum Gasteiger partial charge on any atom is 0.417 e. The van der Waals surface area contributed by atoms with Crippen molar-refractivity contribution in [3.8, 4) is 16.9 Å². The molecule has 4 rings (SSSR count). The SMILES string of the molecule is COc1ccc(/C=C2\SC(=O)NC2=O)cc1-c1cc2c(cc1C(F)(F)F)C(C)(C)CCC2(C)C. The summed E-state index contributed by atoms with van der Waals surface area (Å²) in [6.07, 6.45) is -1.42. The lowest BCUT2D eigenvalue weighted by Gasteiger charge is -2.42. The van der Waals surface area contributed by atoms with Crippen LogP contribution in [0.25, 0.3) is 17.2 Å². The van der Waals surface area contributed by atoms with Gasteiger partial charge in [-0.1, -0.05) is 33.8 Å². The van der Waals surface area contributed by atoms with Gasteiger partial charge in [0.05, 0.1) is 17.6 Å². The zero-order valence-electron chi connectivity index (χ0n) is 19.6. The lowest BCUT2D eigenvalue weighted by Crippen LogP contribution is -2.34. The van der Waals surface area contributed by atoms with E-state index in [1.54, 1.807) is 24.3 Å². The van der Waals surface area contributed by atoms with Crippen LogP contribution in [0.1, 0.15) is 62.8 Å². The van der Waals surface area contributed by atoms with E-state index in [1.807, 2.05) is 13.8 Å². The lowest BCUT2D eigenvalue weighted by atomic mass is 9.62. The van der Waals surface area contributed by atoms with E-state index in [2.05, 4.69) is 19.2 Å². The summed E-state index contributed by atoms with van der Waals surface area (Å²) >= 11 is 0.756. The maximum atomic E-state index is 14.4. The van der Waals surface area contributed by atoms with E-state index in [0.29, 0.717) is 11.3 Å². The first kappa shape index (κ1) is 24.4. The summed E-state index contributed by atoms with van der Waals surface area (Å²) in [5.41, 5.74) is 1.05. The Bertz CT molecular complexity index is 1230. The number of ether oxygens (including phenoxy) is 1. The van der Waals surface area contributed by atoms with Crippen LogP contribution in [-0.2, 0) is 21.8 Å². The molecule has 1 fully saturated rings. The number of methoxy groups -OCH3 is 1. The molecule has 0 unspecified atom stereocenters. The first-order valence-electron chi connectivity index (χ1n) is 10.9. The molecule has 0 saturated carbocycles. The molecule has 4 nitrogen and oxygen atoms in total. The third-order valence-corrected chi connectivity index (χ3v) is 7.56. The molecule has 0 aromatic heterocycles. The molecule has 8 heteroatoms. The van der Waals surface area contributed by atoms with Crippen molar-refractivity contribution in [3.63, 3.8) is 0 Å². The van der Waals surface area contributed by atoms with Crippen LogP contribution >= 0.6 is 11.8 Å². The fraction of sp³-hybridized carbons (Fsp3) is 0.385. The zero-order valence-corrected chi connectivity index (χ0v) is 20.5. The van der Waals surface area contributed by atoms with Crippen LogP contribution in [0.5, 0.6) is 5.75 Å². The third kappa shape index (κ3) is 4.35. The number of halogens is 3. The molecule has 1 aliphatic carbocycles. The van der Waals surface area contributed by atoms with Crippen LogP contribution in [0, 0.1) is 0 Å².